The number of aromatic nitrogens is 2. The molecule has 2 aromatic heterocycles. The summed E-state index contributed by atoms with van der Waals surface area (Å²) in [6.45, 7) is 7.73. The highest BCUT2D eigenvalue weighted by Crippen LogP contribution is 2.51. The molecule has 0 spiro atoms. The second-order valence-electron chi connectivity index (χ2n) is 5.90. The topological polar surface area (TPSA) is 37.8 Å². The Morgan fingerprint density at radius 1 is 1.47 bits per heavy atom. The molecule has 1 saturated carbocycles. The number of rotatable bonds is 4. The van der Waals surface area contributed by atoms with Crippen molar-refractivity contribution >= 4 is 39.0 Å². The Bertz CT molecular complexity index is 620. The van der Waals surface area contributed by atoms with Crippen LogP contribution in [0.2, 0.25) is 5.28 Å². The van der Waals surface area contributed by atoms with Gasteiger partial charge in [0.25, 0.3) is 0 Å². The SMILES string of the molecule is CCc1cc2c(NCC3CC3(C)C)nc(Cl)nc2s1. The first-order valence-corrected chi connectivity index (χ1v) is 7.89. The Kier molecular flexibility index (Phi) is 3.18. The van der Waals surface area contributed by atoms with E-state index in [0.29, 0.717) is 10.7 Å². The summed E-state index contributed by atoms with van der Waals surface area (Å²) in [6, 6.07) is 2.18. The molecule has 0 aliphatic heterocycles. The number of halogens is 1. The first-order valence-electron chi connectivity index (χ1n) is 6.69. The van der Waals surface area contributed by atoms with Gasteiger partial charge in [-0.25, -0.2) is 9.97 Å². The summed E-state index contributed by atoms with van der Waals surface area (Å²) in [5.74, 6) is 1.62. The van der Waals surface area contributed by atoms with E-state index in [1.807, 2.05) is 0 Å². The highest BCUT2D eigenvalue weighted by atomic mass is 35.5. The molecule has 1 fully saturated rings. The Morgan fingerprint density at radius 3 is 2.84 bits per heavy atom. The number of aryl methyl sites for hydroxylation is 1. The van der Waals surface area contributed by atoms with Gasteiger partial charge in [0.2, 0.25) is 5.28 Å². The largest absolute Gasteiger partial charge is 0.369 e. The van der Waals surface area contributed by atoms with Crippen molar-refractivity contribution in [3.05, 3.63) is 16.2 Å². The second-order valence-corrected chi connectivity index (χ2v) is 7.35. The summed E-state index contributed by atoms with van der Waals surface area (Å²) in [7, 11) is 0. The fourth-order valence-electron chi connectivity index (χ4n) is 2.40. The van der Waals surface area contributed by atoms with Crippen LogP contribution in [0.15, 0.2) is 6.07 Å². The molecule has 0 radical (unpaired) electrons. The van der Waals surface area contributed by atoms with E-state index in [9.17, 15) is 0 Å². The summed E-state index contributed by atoms with van der Waals surface area (Å²) in [4.78, 5) is 11.0. The molecule has 5 heteroatoms. The molecular weight excluding hydrogens is 278 g/mol. The van der Waals surface area contributed by atoms with Crippen LogP contribution in [0.5, 0.6) is 0 Å². The van der Waals surface area contributed by atoms with Crippen LogP contribution in [0.1, 0.15) is 32.1 Å². The molecule has 1 N–H and O–H groups in total. The third kappa shape index (κ3) is 2.56. The minimum absolute atomic E-state index is 0.328. The molecule has 3 nitrogen and oxygen atoms in total. The summed E-state index contributed by atoms with van der Waals surface area (Å²) < 4.78 is 0. The van der Waals surface area contributed by atoms with Gasteiger partial charge in [-0.15, -0.1) is 11.3 Å². The van der Waals surface area contributed by atoms with E-state index in [4.69, 9.17) is 11.6 Å². The van der Waals surface area contributed by atoms with Crippen LogP contribution >= 0.6 is 22.9 Å². The van der Waals surface area contributed by atoms with Crippen LogP contribution in [0.4, 0.5) is 5.82 Å². The van der Waals surface area contributed by atoms with Crippen LogP contribution in [-0.4, -0.2) is 16.5 Å². The lowest BCUT2D eigenvalue weighted by Crippen LogP contribution is -2.09. The molecule has 2 heterocycles. The van der Waals surface area contributed by atoms with Crippen molar-refractivity contribution in [2.45, 2.75) is 33.6 Å². The van der Waals surface area contributed by atoms with Gasteiger partial charge in [-0.05, 0) is 41.8 Å². The van der Waals surface area contributed by atoms with E-state index in [1.165, 1.54) is 11.3 Å². The minimum Gasteiger partial charge on any atom is -0.369 e. The van der Waals surface area contributed by atoms with Crippen LogP contribution in [-0.2, 0) is 6.42 Å². The molecule has 1 unspecified atom stereocenters. The normalized spacial score (nSPS) is 20.7. The molecular formula is C14H18ClN3S. The van der Waals surface area contributed by atoms with Gasteiger partial charge in [0.1, 0.15) is 10.6 Å². The van der Waals surface area contributed by atoms with Crippen molar-refractivity contribution in [2.75, 3.05) is 11.9 Å². The molecule has 19 heavy (non-hydrogen) atoms. The molecule has 2 aromatic rings. The number of thiophene rings is 1. The Morgan fingerprint density at radius 2 is 2.21 bits per heavy atom. The zero-order chi connectivity index (χ0) is 13.6. The zero-order valence-electron chi connectivity index (χ0n) is 11.5. The maximum absolute atomic E-state index is 6.01. The van der Waals surface area contributed by atoms with E-state index in [2.05, 4.69) is 42.1 Å². The summed E-state index contributed by atoms with van der Waals surface area (Å²) in [6.07, 6.45) is 2.31. The van der Waals surface area contributed by atoms with E-state index in [0.717, 1.165) is 34.9 Å². The van der Waals surface area contributed by atoms with Crippen LogP contribution in [0, 0.1) is 11.3 Å². The average molecular weight is 296 g/mol. The van der Waals surface area contributed by atoms with Gasteiger partial charge >= 0.3 is 0 Å². The molecule has 0 aromatic carbocycles. The lowest BCUT2D eigenvalue weighted by Gasteiger charge is -2.08. The monoisotopic (exact) mass is 295 g/mol. The smallest absolute Gasteiger partial charge is 0.225 e. The molecule has 1 aliphatic rings. The predicted octanol–water partition coefficient (Wildman–Crippen LogP) is 4.37. The highest BCUT2D eigenvalue weighted by Gasteiger charge is 2.45. The Hall–Kier alpha value is -0.870. The number of nitrogens with one attached hydrogen (secondary N) is 1. The van der Waals surface area contributed by atoms with Gasteiger partial charge in [0.05, 0.1) is 5.39 Å². The molecule has 3 rings (SSSR count). The van der Waals surface area contributed by atoms with E-state index in [-0.39, 0.29) is 0 Å². The van der Waals surface area contributed by atoms with Crippen LogP contribution in [0.3, 0.4) is 0 Å². The summed E-state index contributed by atoms with van der Waals surface area (Å²) >= 11 is 7.71. The Labute approximate surface area is 122 Å². The van der Waals surface area contributed by atoms with Crippen molar-refractivity contribution in [3.8, 4) is 0 Å². The maximum atomic E-state index is 6.01. The summed E-state index contributed by atoms with van der Waals surface area (Å²) in [5, 5.41) is 4.88. The van der Waals surface area contributed by atoms with E-state index >= 15 is 0 Å². The Balaban J connectivity index is 1.87. The van der Waals surface area contributed by atoms with Gasteiger partial charge < -0.3 is 5.32 Å². The van der Waals surface area contributed by atoms with Crippen molar-refractivity contribution in [1.82, 2.24) is 9.97 Å². The number of anilines is 1. The molecule has 0 bridgehead atoms. The molecule has 102 valence electrons. The van der Waals surface area contributed by atoms with Gasteiger partial charge in [-0.1, -0.05) is 20.8 Å². The van der Waals surface area contributed by atoms with Crippen molar-refractivity contribution < 1.29 is 0 Å². The lowest BCUT2D eigenvalue weighted by atomic mass is 10.1. The predicted molar refractivity (Wildman–Crippen MR) is 82.2 cm³/mol. The zero-order valence-corrected chi connectivity index (χ0v) is 13.0. The maximum Gasteiger partial charge on any atom is 0.225 e. The quantitative estimate of drug-likeness (QED) is 0.851. The van der Waals surface area contributed by atoms with Crippen molar-refractivity contribution in [3.63, 3.8) is 0 Å². The molecule has 1 aliphatic carbocycles. The van der Waals surface area contributed by atoms with Gasteiger partial charge in [-0.2, -0.15) is 0 Å². The molecule has 1 atom stereocenters. The number of hydrogen-bond donors (Lipinski definition) is 1. The average Bonchev–Trinajstić information content (AvgIpc) is 2.78. The van der Waals surface area contributed by atoms with Gasteiger partial charge in [0, 0.05) is 11.4 Å². The number of hydrogen-bond acceptors (Lipinski definition) is 4. The first-order chi connectivity index (χ1) is 8.99. The molecule has 0 saturated heterocycles. The highest BCUT2D eigenvalue weighted by molar-refractivity contribution is 7.18. The van der Waals surface area contributed by atoms with E-state index < -0.39 is 0 Å². The third-order valence-electron chi connectivity index (χ3n) is 4.00. The fraction of sp³-hybridized carbons (Fsp3) is 0.571. The number of nitrogens with zero attached hydrogens (tertiary/aromatic N) is 2. The van der Waals surface area contributed by atoms with Gasteiger partial charge in [0.15, 0.2) is 0 Å². The van der Waals surface area contributed by atoms with E-state index in [1.54, 1.807) is 11.3 Å². The standard InChI is InChI=1S/C14H18ClN3S/c1-4-9-5-10-11(16-7-8-6-14(8,2)3)17-13(15)18-12(10)19-9/h5,8H,4,6-7H2,1-3H3,(H,16,17,18). The van der Waals surface area contributed by atoms with Crippen LogP contribution < -0.4 is 5.32 Å². The fourth-order valence-corrected chi connectivity index (χ4v) is 3.59. The molecule has 0 amide bonds. The van der Waals surface area contributed by atoms with Crippen LogP contribution in [0.25, 0.3) is 10.2 Å². The first kappa shape index (κ1) is 13.1. The third-order valence-corrected chi connectivity index (χ3v) is 5.34. The van der Waals surface area contributed by atoms with Crippen molar-refractivity contribution in [2.24, 2.45) is 11.3 Å². The lowest BCUT2D eigenvalue weighted by molar-refractivity contribution is 0.573. The summed E-state index contributed by atoms with van der Waals surface area (Å²) in [5.41, 5.74) is 0.478. The van der Waals surface area contributed by atoms with Gasteiger partial charge in [-0.3, -0.25) is 0 Å². The number of fused-ring (bicyclic) bond motifs is 1. The second kappa shape index (κ2) is 4.60. The van der Waals surface area contributed by atoms with Crippen molar-refractivity contribution in [1.29, 1.82) is 0 Å². The minimum atomic E-state index is 0.328.